The summed E-state index contributed by atoms with van der Waals surface area (Å²) < 4.78 is 5.74. The summed E-state index contributed by atoms with van der Waals surface area (Å²) in [5, 5.41) is 0. The number of rotatable bonds is 1. The van der Waals surface area contributed by atoms with Crippen LogP contribution in [-0.2, 0) is 19.1 Å². The van der Waals surface area contributed by atoms with Gasteiger partial charge in [-0.3, -0.25) is 14.4 Å². The van der Waals surface area contributed by atoms with Crippen molar-refractivity contribution in [3.8, 4) is 0 Å². The number of fused-ring (bicyclic) bond motifs is 5. The highest BCUT2D eigenvalue weighted by Crippen LogP contribution is 2.65. The van der Waals surface area contributed by atoms with Gasteiger partial charge >= 0.3 is 5.97 Å². The van der Waals surface area contributed by atoms with Crippen molar-refractivity contribution in [1.82, 2.24) is 0 Å². The summed E-state index contributed by atoms with van der Waals surface area (Å²) >= 11 is 0. The van der Waals surface area contributed by atoms with Crippen molar-refractivity contribution in [1.29, 1.82) is 0 Å². The number of carbonyl (C=O) groups excluding carboxylic acids is 3. The fourth-order valence-corrected chi connectivity index (χ4v) is 6.81. The third kappa shape index (κ3) is 2.39. The van der Waals surface area contributed by atoms with Crippen LogP contribution in [0.2, 0.25) is 0 Å². The molecule has 0 aliphatic heterocycles. The van der Waals surface area contributed by atoms with Gasteiger partial charge in [0.2, 0.25) is 0 Å². The van der Waals surface area contributed by atoms with Crippen molar-refractivity contribution in [2.75, 3.05) is 0 Å². The molecule has 6 atom stereocenters. The minimum absolute atomic E-state index is 0.0476. The number of esters is 1. The van der Waals surface area contributed by atoms with Gasteiger partial charge in [0.15, 0.2) is 17.2 Å². The molecule has 0 aromatic rings. The van der Waals surface area contributed by atoms with Gasteiger partial charge in [-0.15, -0.1) is 0 Å². The second-order valence-corrected chi connectivity index (χ2v) is 9.76. The van der Waals surface area contributed by atoms with Crippen molar-refractivity contribution < 1.29 is 19.1 Å². The Morgan fingerprint density at radius 3 is 2.54 bits per heavy atom. The summed E-state index contributed by atoms with van der Waals surface area (Å²) in [5.74, 6) is 0.687. The van der Waals surface area contributed by atoms with Gasteiger partial charge in [0, 0.05) is 24.2 Å². The Morgan fingerprint density at radius 1 is 1.14 bits per heavy atom. The highest BCUT2D eigenvalue weighted by molar-refractivity contribution is 6.02. The smallest absolute Gasteiger partial charge is 0.303 e. The first-order valence-corrected chi connectivity index (χ1v) is 10.4. The number of Topliss-reactive ketones (excluding diaryl/α,β-unsaturated/α-hetero) is 1. The number of allylic oxidation sites excluding steroid dienone is 6. The molecule has 0 N–H and O–H groups in total. The predicted octanol–water partition coefficient (Wildman–Crippen LogP) is 4.35. The number of ether oxygens (including phenoxy) is 1. The highest BCUT2D eigenvalue weighted by atomic mass is 16.6. The standard InChI is InChI=1S/C24H30O4/c1-14-12-17-18(22(3)10-8-16(26)13-20(14)22)9-11-23(4)19(17)6-7-21(27)24(23,5)28-15(2)25/h8,10,12-13,17-19H,6-7,9,11H2,1-5H3. The van der Waals surface area contributed by atoms with Crippen molar-refractivity contribution in [2.24, 2.45) is 28.6 Å². The van der Waals surface area contributed by atoms with Gasteiger partial charge in [-0.05, 0) is 68.6 Å². The Bertz CT molecular complexity index is 862. The molecule has 4 nitrogen and oxygen atoms in total. The maximum atomic E-state index is 12.9. The minimum Gasteiger partial charge on any atom is -0.451 e. The zero-order chi connectivity index (χ0) is 20.5. The van der Waals surface area contributed by atoms with Gasteiger partial charge in [-0.1, -0.05) is 31.6 Å². The molecule has 0 radical (unpaired) electrons. The molecular formula is C24H30O4. The highest BCUT2D eigenvalue weighted by Gasteiger charge is 2.64. The lowest BCUT2D eigenvalue weighted by Crippen LogP contribution is -2.64. The third-order valence-electron chi connectivity index (χ3n) is 8.47. The zero-order valence-electron chi connectivity index (χ0n) is 17.5. The first-order chi connectivity index (χ1) is 13.0. The lowest BCUT2D eigenvalue weighted by atomic mass is 9.43. The van der Waals surface area contributed by atoms with E-state index in [-0.39, 0.29) is 34.3 Å². The van der Waals surface area contributed by atoms with Crippen LogP contribution in [0.1, 0.15) is 60.3 Å². The molecule has 4 aliphatic rings. The number of carbonyl (C=O) groups is 3. The van der Waals surface area contributed by atoms with Gasteiger partial charge < -0.3 is 4.74 Å². The summed E-state index contributed by atoms with van der Waals surface area (Å²) in [6, 6.07) is 0. The normalized spacial score (nSPS) is 44.7. The number of hydrogen-bond donors (Lipinski definition) is 0. The van der Waals surface area contributed by atoms with Crippen molar-refractivity contribution in [2.45, 2.75) is 65.9 Å². The number of ketones is 2. The monoisotopic (exact) mass is 382 g/mol. The molecule has 28 heavy (non-hydrogen) atoms. The Hall–Kier alpha value is -1.97. The maximum absolute atomic E-state index is 12.9. The molecular weight excluding hydrogens is 352 g/mol. The van der Waals surface area contributed by atoms with E-state index in [2.05, 4.69) is 32.9 Å². The molecule has 4 rings (SSSR count). The van der Waals surface area contributed by atoms with E-state index < -0.39 is 5.60 Å². The van der Waals surface area contributed by atoms with E-state index in [1.54, 1.807) is 12.2 Å². The summed E-state index contributed by atoms with van der Waals surface area (Å²) in [4.78, 5) is 36.8. The van der Waals surface area contributed by atoms with Gasteiger partial charge in [0.1, 0.15) is 0 Å². The fraction of sp³-hybridized carbons (Fsp3) is 0.625. The molecule has 0 aromatic heterocycles. The molecule has 150 valence electrons. The summed E-state index contributed by atoms with van der Waals surface area (Å²) in [6.07, 6.45) is 11.0. The van der Waals surface area contributed by atoms with Crippen LogP contribution in [-0.4, -0.2) is 23.1 Å². The van der Waals surface area contributed by atoms with E-state index in [1.807, 2.05) is 6.92 Å². The maximum Gasteiger partial charge on any atom is 0.303 e. The molecule has 0 spiro atoms. The average molecular weight is 383 g/mol. The van der Waals surface area contributed by atoms with Crippen LogP contribution in [0.15, 0.2) is 35.5 Å². The molecule has 4 heteroatoms. The molecule has 0 aromatic carbocycles. The van der Waals surface area contributed by atoms with E-state index in [1.165, 1.54) is 6.92 Å². The second-order valence-electron chi connectivity index (χ2n) is 9.76. The third-order valence-corrected chi connectivity index (χ3v) is 8.47. The minimum atomic E-state index is -1.07. The van der Waals surface area contributed by atoms with Gasteiger partial charge in [0.25, 0.3) is 0 Å². The Morgan fingerprint density at radius 2 is 1.86 bits per heavy atom. The second kappa shape index (κ2) is 6.01. The van der Waals surface area contributed by atoms with E-state index in [0.717, 1.165) is 30.4 Å². The molecule has 2 saturated carbocycles. The lowest BCUT2D eigenvalue weighted by molar-refractivity contribution is -0.202. The Balaban J connectivity index is 1.81. The SMILES string of the molecule is CC(=O)OC1(C)C(=O)CCC2C3C=C(C)C4=CC(=O)C=CC4(C)C3CCC21C. The Labute approximate surface area is 167 Å². The molecule has 4 aliphatic carbocycles. The van der Waals surface area contributed by atoms with Gasteiger partial charge in [-0.2, -0.15) is 0 Å². The lowest BCUT2D eigenvalue weighted by Gasteiger charge is -2.61. The fourth-order valence-electron chi connectivity index (χ4n) is 6.81. The first-order valence-electron chi connectivity index (χ1n) is 10.4. The van der Waals surface area contributed by atoms with Crippen LogP contribution in [0.3, 0.4) is 0 Å². The van der Waals surface area contributed by atoms with Gasteiger partial charge in [0.05, 0.1) is 0 Å². The number of hydrogen-bond acceptors (Lipinski definition) is 4. The van der Waals surface area contributed by atoms with Crippen LogP contribution >= 0.6 is 0 Å². The summed E-state index contributed by atoms with van der Waals surface area (Å²) in [6.45, 7) is 9.71. The molecule has 2 fully saturated rings. The van der Waals surface area contributed by atoms with E-state index in [0.29, 0.717) is 18.3 Å². The van der Waals surface area contributed by atoms with Crippen LogP contribution in [0.5, 0.6) is 0 Å². The molecule has 6 unspecified atom stereocenters. The van der Waals surface area contributed by atoms with Crippen LogP contribution in [0.4, 0.5) is 0 Å². The van der Waals surface area contributed by atoms with Crippen molar-refractivity contribution in [3.63, 3.8) is 0 Å². The Kier molecular flexibility index (Phi) is 4.16. The van der Waals surface area contributed by atoms with Crippen LogP contribution < -0.4 is 0 Å². The molecule has 0 saturated heterocycles. The van der Waals surface area contributed by atoms with E-state index in [4.69, 9.17) is 4.74 Å². The topological polar surface area (TPSA) is 60.4 Å². The quantitative estimate of drug-likeness (QED) is 0.633. The summed E-state index contributed by atoms with van der Waals surface area (Å²) in [5.41, 5.74) is 0.705. The van der Waals surface area contributed by atoms with Crippen LogP contribution in [0.25, 0.3) is 0 Å². The van der Waals surface area contributed by atoms with E-state index >= 15 is 0 Å². The predicted molar refractivity (Wildman–Crippen MR) is 106 cm³/mol. The van der Waals surface area contributed by atoms with Crippen LogP contribution in [0, 0.1) is 28.6 Å². The molecule has 0 amide bonds. The molecule has 0 heterocycles. The molecule has 0 bridgehead atoms. The largest absolute Gasteiger partial charge is 0.451 e. The zero-order valence-corrected chi connectivity index (χ0v) is 17.5. The van der Waals surface area contributed by atoms with Crippen molar-refractivity contribution >= 4 is 17.5 Å². The first kappa shape index (κ1) is 19.4. The average Bonchev–Trinajstić information content (AvgIpc) is 2.60. The van der Waals surface area contributed by atoms with Crippen molar-refractivity contribution in [3.05, 3.63) is 35.5 Å². The van der Waals surface area contributed by atoms with E-state index in [9.17, 15) is 14.4 Å². The van der Waals surface area contributed by atoms with Gasteiger partial charge in [-0.25, -0.2) is 0 Å². The summed E-state index contributed by atoms with van der Waals surface area (Å²) in [7, 11) is 0.